The monoisotopic (exact) mass is 277 g/mol. The summed E-state index contributed by atoms with van der Waals surface area (Å²) >= 11 is 0. The van der Waals surface area contributed by atoms with E-state index in [9.17, 15) is 4.79 Å². The highest BCUT2D eigenvalue weighted by Crippen LogP contribution is 2.20. The van der Waals surface area contributed by atoms with Gasteiger partial charge in [0.25, 0.3) is 0 Å². The van der Waals surface area contributed by atoms with Gasteiger partial charge in [0.1, 0.15) is 0 Å². The van der Waals surface area contributed by atoms with Crippen molar-refractivity contribution in [3.8, 4) is 0 Å². The van der Waals surface area contributed by atoms with Crippen LogP contribution in [0, 0.1) is 6.92 Å². The van der Waals surface area contributed by atoms with Gasteiger partial charge in [-0.25, -0.2) is 0 Å². The van der Waals surface area contributed by atoms with Gasteiger partial charge in [-0.05, 0) is 31.0 Å². The largest absolute Gasteiger partial charge is 0.398 e. The normalized spacial score (nSPS) is 19.8. The molecular weight excluding hydrogens is 254 g/mol. The van der Waals surface area contributed by atoms with Crippen LogP contribution in [0.25, 0.3) is 0 Å². The molecule has 1 heterocycles. The van der Waals surface area contributed by atoms with Crippen LogP contribution < -0.4 is 11.1 Å². The third-order valence-electron chi connectivity index (χ3n) is 3.70. The Morgan fingerprint density at radius 1 is 1.55 bits per heavy atom. The van der Waals surface area contributed by atoms with Crippen molar-refractivity contribution in [2.45, 2.75) is 26.4 Å². The highest BCUT2D eigenvalue weighted by atomic mass is 16.5. The Bertz CT molecular complexity index is 476. The Morgan fingerprint density at radius 2 is 2.35 bits per heavy atom. The van der Waals surface area contributed by atoms with E-state index < -0.39 is 0 Å². The molecule has 0 spiro atoms. The van der Waals surface area contributed by atoms with Gasteiger partial charge < -0.3 is 15.8 Å². The number of morpholine rings is 1. The van der Waals surface area contributed by atoms with E-state index >= 15 is 0 Å². The number of carbonyl (C=O) groups excluding carboxylic acids is 1. The number of benzene rings is 1. The smallest absolute Gasteiger partial charge is 0.238 e. The van der Waals surface area contributed by atoms with Crippen LogP contribution in [0.5, 0.6) is 0 Å². The zero-order valence-corrected chi connectivity index (χ0v) is 12.2. The molecular formula is C15H23N3O2. The number of anilines is 2. The summed E-state index contributed by atoms with van der Waals surface area (Å²) in [5, 5.41) is 2.93. The molecule has 110 valence electrons. The van der Waals surface area contributed by atoms with Crippen LogP contribution in [0.15, 0.2) is 18.2 Å². The number of carbonyl (C=O) groups is 1. The summed E-state index contributed by atoms with van der Waals surface area (Å²) in [4.78, 5) is 14.2. The van der Waals surface area contributed by atoms with Crippen molar-refractivity contribution in [2.75, 3.05) is 37.3 Å². The molecule has 0 aromatic heterocycles. The fourth-order valence-corrected chi connectivity index (χ4v) is 2.35. The van der Waals surface area contributed by atoms with Gasteiger partial charge in [-0.15, -0.1) is 0 Å². The molecule has 1 aromatic rings. The lowest BCUT2D eigenvalue weighted by Gasteiger charge is -2.31. The van der Waals surface area contributed by atoms with Crippen LogP contribution in [0.3, 0.4) is 0 Å². The minimum absolute atomic E-state index is 0.00421. The summed E-state index contributed by atoms with van der Waals surface area (Å²) in [7, 11) is 0. The van der Waals surface area contributed by atoms with Crippen LogP contribution in [0.1, 0.15) is 18.9 Å². The molecule has 0 aliphatic carbocycles. The van der Waals surface area contributed by atoms with Crippen LogP contribution in [0.2, 0.25) is 0 Å². The van der Waals surface area contributed by atoms with Gasteiger partial charge in [0.15, 0.2) is 0 Å². The first kappa shape index (κ1) is 14.8. The van der Waals surface area contributed by atoms with Crippen LogP contribution in [-0.2, 0) is 9.53 Å². The second-order valence-corrected chi connectivity index (χ2v) is 5.20. The van der Waals surface area contributed by atoms with Crippen molar-refractivity contribution >= 4 is 17.3 Å². The summed E-state index contributed by atoms with van der Waals surface area (Å²) in [6.45, 7) is 6.73. The number of nitrogens with zero attached hydrogens (tertiary/aromatic N) is 1. The highest BCUT2D eigenvalue weighted by Gasteiger charge is 2.20. The van der Waals surface area contributed by atoms with E-state index in [2.05, 4.69) is 17.1 Å². The van der Waals surface area contributed by atoms with Gasteiger partial charge in [-0.2, -0.15) is 0 Å². The molecule has 5 heteroatoms. The first-order valence-electron chi connectivity index (χ1n) is 7.09. The summed E-state index contributed by atoms with van der Waals surface area (Å²) in [5.74, 6) is -0.00421. The van der Waals surface area contributed by atoms with Crippen molar-refractivity contribution in [3.05, 3.63) is 23.8 Å². The maximum atomic E-state index is 12.1. The van der Waals surface area contributed by atoms with E-state index in [4.69, 9.17) is 10.5 Å². The number of rotatable bonds is 4. The molecule has 5 nitrogen and oxygen atoms in total. The molecule has 20 heavy (non-hydrogen) atoms. The first-order valence-corrected chi connectivity index (χ1v) is 7.09. The summed E-state index contributed by atoms with van der Waals surface area (Å²) < 4.78 is 5.60. The lowest BCUT2D eigenvalue weighted by Crippen LogP contribution is -2.45. The van der Waals surface area contributed by atoms with Crippen molar-refractivity contribution in [1.82, 2.24) is 4.90 Å². The molecule has 2 rings (SSSR count). The number of nitrogens with one attached hydrogen (secondary N) is 1. The van der Waals surface area contributed by atoms with E-state index in [0.29, 0.717) is 18.8 Å². The minimum atomic E-state index is -0.00421. The van der Waals surface area contributed by atoms with Crippen LogP contribution in [-0.4, -0.2) is 43.2 Å². The average Bonchev–Trinajstić information content (AvgIpc) is 2.44. The lowest BCUT2D eigenvalue weighted by atomic mass is 10.1. The predicted molar refractivity (Wildman–Crippen MR) is 80.7 cm³/mol. The molecule has 1 atom stereocenters. The zero-order valence-electron chi connectivity index (χ0n) is 12.2. The van der Waals surface area contributed by atoms with Gasteiger partial charge in [-0.3, -0.25) is 9.69 Å². The minimum Gasteiger partial charge on any atom is -0.398 e. The standard InChI is InChI=1S/C15H23N3O2/c1-3-12-9-18(7-8-20-12)10-15(19)17-14-6-4-5-13(16)11(14)2/h4-6,12H,3,7-10,16H2,1-2H3,(H,17,19). The van der Waals surface area contributed by atoms with Crippen LogP contribution in [0.4, 0.5) is 11.4 Å². The third-order valence-corrected chi connectivity index (χ3v) is 3.70. The van der Waals surface area contributed by atoms with Gasteiger partial charge in [0, 0.05) is 24.5 Å². The molecule has 1 aliphatic heterocycles. The molecule has 1 aromatic carbocycles. The van der Waals surface area contributed by atoms with E-state index in [1.54, 1.807) is 0 Å². The lowest BCUT2D eigenvalue weighted by molar-refractivity contribution is -0.119. The quantitative estimate of drug-likeness (QED) is 0.821. The van der Waals surface area contributed by atoms with E-state index in [1.165, 1.54) is 0 Å². The van der Waals surface area contributed by atoms with E-state index in [0.717, 1.165) is 30.8 Å². The number of ether oxygens (including phenoxy) is 1. The Balaban J connectivity index is 1.90. The average molecular weight is 277 g/mol. The highest BCUT2D eigenvalue weighted by molar-refractivity contribution is 5.93. The van der Waals surface area contributed by atoms with Crippen molar-refractivity contribution < 1.29 is 9.53 Å². The summed E-state index contributed by atoms with van der Waals surface area (Å²) in [6.07, 6.45) is 1.22. The fourth-order valence-electron chi connectivity index (χ4n) is 2.35. The molecule has 1 saturated heterocycles. The SMILES string of the molecule is CCC1CN(CC(=O)Nc2cccc(N)c2C)CCO1. The van der Waals surface area contributed by atoms with Gasteiger partial charge in [0.05, 0.1) is 19.3 Å². The topological polar surface area (TPSA) is 67.6 Å². The maximum absolute atomic E-state index is 12.1. The predicted octanol–water partition coefficient (Wildman–Crippen LogP) is 1.63. The molecule has 1 unspecified atom stereocenters. The molecule has 0 saturated carbocycles. The first-order chi connectivity index (χ1) is 9.60. The Morgan fingerprint density at radius 3 is 3.10 bits per heavy atom. The molecule has 3 N–H and O–H groups in total. The summed E-state index contributed by atoms with van der Waals surface area (Å²) in [6, 6.07) is 5.55. The van der Waals surface area contributed by atoms with Crippen molar-refractivity contribution in [2.24, 2.45) is 0 Å². The maximum Gasteiger partial charge on any atom is 0.238 e. The van der Waals surface area contributed by atoms with Crippen molar-refractivity contribution in [3.63, 3.8) is 0 Å². The second-order valence-electron chi connectivity index (χ2n) is 5.20. The number of nitrogen functional groups attached to an aromatic ring is 1. The number of hydrogen-bond donors (Lipinski definition) is 2. The zero-order chi connectivity index (χ0) is 14.5. The molecule has 1 amide bonds. The third kappa shape index (κ3) is 3.71. The van der Waals surface area contributed by atoms with Crippen molar-refractivity contribution in [1.29, 1.82) is 0 Å². The number of nitrogens with two attached hydrogens (primary N) is 1. The van der Waals surface area contributed by atoms with Gasteiger partial charge >= 0.3 is 0 Å². The fraction of sp³-hybridized carbons (Fsp3) is 0.533. The molecule has 1 fully saturated rings. The van der Waals surface area contributed by atoms with Crippen LogP contribution >= 0.6 is 0 Å². The molecule has 1 aliphatic rings. The second kappa shape index (κ2) is 6.72. The number of amides is 1. The summed E-state index contributed by atoms with van der Waals surface area (Å²) in [5.41, 5.74) is 8.23. The molecule has 0 bridgehead atoms. The Hall–Kier alpha value is -1.59. The molecule has 0 radical (unpaired) electrons. The Kier molecular flexibility index (Phi) is 4.98. The Labute approximate surface area is 120 Å². The van der Waals surface area contributed by atoms with E-state index in [-0.39, 0.29) is 12.0 Å². The number of hydrogen-bond acceptors (Lipinski definition) is 4. The van der Waals surface area contributed by atoms with E-state index in [1.807, 2.05) is 25.1 Å². The van der Waals surface area contributed by atoms with Gasteiger partial charge in [-0.1, -0.05) is 13.0 Å². The van der Waals surface area contributed by atoms with Gasteiger partial charge in [0.2, 0.25) is 5.91 Å².